The van der Waals surface area contributed by atoms with Crippen LogP contribution in [0, 0.1) is 0 Å². The lowest BCUT2D eigenvalue weighted by Crippen LogP contribution is -2.16. The van der Waals surface area contributed by atoms with Gasteiger partial charge in [-0.05, 0) is 36.2 Å². The van der Waals surface area contributed by atoms with Crippen LogP contribution in [0.25, 0.3) is 0 Å². The molecule has 116 valence electrons. The van der Waals surface area contributed by atoms with E-state index in [1.54, 1.807) is 24.3 Å². The van der Waals surface area contributed by atoms with Crippen LogP contribution in [0.15, 0.2) is 53.4 Å². The summed E-state index contributed by atoms with van der Waals surface area (Å²) in [7, 11) is -4.01. The van der Waals surface area contributed by atoms with Gasteiger partial charge in [0.15, 0.2) is 5.75 Å². The minimum atomic E-state index is -4.01. The SMILES string of the molecule is CCCc1ccc(S(=O)(=O)Oc2ccccc2C(N)=O)cc1. The van der Waals surface area contributed by atoms with E-state index < -0.39 is 16.0 Å². The second-order valence-corrected chi connectivity index (χ2v) is 6.34. The Bertz CT molecular complexity index is 767. The monoisotopic (exact) mass is 319 g/mol. The van der Waals surface area contributed by atoms with E-state index in [4.69, 9.17) is 9.92 Å². The van der Waals surface area contributed by atoms with Crippen LogP contribution in [0.1, 0.15) is 29.3 Å². The van der Waals surface area contributed by atoms with Crippen molar-refractivity contribution in [2.75, 3.05) is 0 Å². The van der Waals surface area contributed by atoms with Crippen LogP contribution < -0.4 is 9.92 Å². The van der Waals surface area contributed by atoms with Crippen molar-refractivity contribution in [2.45, 2.75) is 24.7 Å². The zero-order valence-corrected chi connectivity index (χ0v) is 13.0. The Balaban J connectivity index is 2.30. The molecule has 5 nitrogen and oxygen atoms in total. The summed E-state index contributed by atoms with van der Waals surface area (Å²) in [6.07, 6.45) is 1.86. The van der Waals surface area contributed by atoms with Crippen molar-refractivity contribution in [3.63, 3.8) is 0 Å². The number of carbonyl (C=O) groups is 1. The van der Waals surface area contributed by atoms with Crippen LogP contribution in [0.5, 0.6) is 5.75 Å². The first-order valence-electron chi connectivity index (χ1n) is 6.86. The summed E-state index contributed by atoms with van der Waals surface area (Å²) in [6, 6.07) is 12.4. The molecule has 0 fully saturated rings. The van der Waals surface area contributed by atoms with Crippen molar-refractivity contribution in [1.82, 2.24) is 0 Å². The van der Waals surface area contributed by atoms with Crippen molar-refractivity contribution >= 4 is 16.0 Å². The van der Waals surface area contributed by atoms with Gasteiger partial charge in [-0.3, -0.25) is 4.79 Å². The first kappa shape index (κ1) is 16.0. The molecular weight excluding hydrogens is 302 g/mol. The first-order valence-corrected chi connectivity index (χ1v) is 8.27. The number of amides is 1. The fourth-order valence-electron chi connectivity index (χ4n) is 2.02. The van der Waals surface area contributed by atoms with Gasteiger partial charge in [0, 0.05) is 0 Å². The van der Waals surface area contributed by atoms with E-state index in [9.17, 15) is 13.2 Å². The molecule has 22 heavy (non-hydrogen) atoms. The summed E-state index contributed by atoms with van der Waals surface area (Å²) in [5.74, 6) is -0.822. The molecule has 6 heteroatoms. The average Bonchev–Trinajstić information content (AvgIpc) is 2.48. The van der Waals surface area contributed by atoms with Crippen molar-refractivity contribution < 1.29 is 17.4 Å². The molecule has 2 aromatic carbocycles. The van der Waals surface area contributed by atoms with Crippen molar-refractivity contribution in [1.29, 1.82) is 0 Å². The highest BCUT2D eigenvalue weighted by Crippen LogP contribution is 2.23. The van der Waals surface area contributed by atoms with Gasteiger partial charge in [0.2, 0.25) is 0 Å². The number of para-hydroxylation sites is 1. The molecule has 2 rings (SSSR count). The number of hydrogen-bond donors (Lipinski definition) is 1. The molecular formula is C16H17NO4S. The van der Waals surface area contributed by atoms with Crippen LogP contribution in [0.4, 0.5) is 0 Å². The maximum atomic E-state index is 12.3. The highest BCUT2D eigenvalue weighted by atomic mass is 32.2. The van der Waals surface area contributed by atoms with Crippen molar-refractivity contribution in [3.8, 4) is 5.75 Å². The fraction of sp³-hybridized carbons (Fsp3) is 0.188. The maximum absolute atomic E-state index is 12.3. The molecule has 0 unspecified atom stereocenters. The summed E-state index contributed by atoms with van der Waals surface area (Å²) in [5.41, 5.74) is 6.29. The number of benzene rings is 2. The third kappa shape index (κ3) is 3.65. The van der Waals surface area contributed by atoms with E-state index >= 15 is 0 Å². The minimum Gasteiger partial charge on any atom is -0.378 e. The fourth-order valence-corrected chi connectivity index (χ4v) is 2.97. The molecule has 2 aromatic rings. The largest absolute Gasteiger partial charge is 0.378 e. The van der Waals surface area contributed by atoms with Crippen LogP contribution >= 0.6 is 0 Å². The molecule has 0 spiro atoms. The molecule has 0 saturated heterocycles. The highest BCUT2D eigenvalue weighted by molar-refractivity contribution is 7.87. The topological polar surface area (TPSA) is 86.5 Å². The molecule has 2 N–H and O–H groups in total. The van der Waals surface area contributed by atoms with E-state index in [1.165, 1.54) is 24.3 Å². The van der Waals surface area contributed by atoms with Crippen molar-refractivity contribution in [3.05, 3.63) is 59.7 Å². The van der Waals surface area contributed by atoms with Crippen LogP contribution in [-0.2, 0) is 16.5 Å². The second kappa shape index (κ2) is 6.62. The lowest BCUT2D eigenvalue weighted by atomic mass is 10.1. The summed E-state index contributed by atoms with van der Waals surface area (Å²) in [5, 5.41) is 0. The van der Waals surface area contributed by atoms with E-state index in [1.807, 2.05) is 0 Å². The maximum Gasteiger partial charge on any atom is 0.339 e. The summed E-state index contributed by atoms with van der Waals surface area (Å²) in [6.45, 7) is 2.05. The lowest BCUT2D eigenvalue weighted by Gasteiger charge is -2.10. The van der Waals surface area contributed by atoms with Gasteiger partial charge in [-0.1, -0.05) is 37.6 Å². The Kier molecular flexibility index (Phi) is 4.82. The van der Waals surface area contributed by atoms with Crippen LogP contribution in [-0.4, -0.2) is 14.3 Å². The van der Waals surface area contributed by atoms with Gasteiger partial charge in [-0.15, -0.1) is 0 Å². The molecule has 0 aliphatic heterocycles. The second-order valence-electron chi connectivity index (χ2n) is 4.79. The standard InChI is InChI=1S/C16H17NO4S/c1-2-5-12-8-10-13(11-9-12)22(19,20)21-15-7-4-3-6-14(15)16(17)18/h3-4,6-11H,2,5H2,1H3,(H2,17,18). The van der Waals surface area contributed by atoms with Crippen molar-refractivity contribution in [2.24, 2.45) is 5.73 Å². The number of rotatable bonds is 6. The number of aryl methyl sites for hydroxylation is 1. The van der Waals surface area contributed by atoms with Gasteiger partial charge in [0.05, 0.1) is 5.56 Å². The normalized spacial score (nSPS) is 11.1. The predicted molar refractivity (Wildman–Crippen MR) is 83.2 cm³/mol. The molecule has 0 aliphatic rings. The van der Waals surface area contributed by atoms with Gasteiger partial charge in [-0.2, -0.15) is 8.42 Å². The van der Waals surface area contributed by atoms with Gasteiger partial charge < -0.3 is 9.92 Å². The van der Waals surface area contributed by atoms with Gasteiger partial charge in [-0.25, -0.2) is 0 Å². The van der Waals surface area contributed by atoms with Crippen LogP contribution in [0.3, 0.4) is 0 Å². The highest BCUT2D eigenvalue weighted by Gasteiger charge is 2.19. The molecule has 0 saturated carbocycles. The average molecular weight is 319 g/mol. The van der Waals surface area contributed by atoms with Gasteiger partial charge >= 0.3 is 10.1 Å². The summed E-state index contributed by atoms with van der Waals surface area (Å²) < 4.78 is 29.6. The molecule has 0 bridgehead atoms. The van der Waals surface area contributed by atoms with E-state index in [0.717, 1.165) is 18.4 Å². The Labute approximate surface area is 129 Å². The Morgan fingerprint density at radius 2 is 1.73 bits per heavy atom. The first-order chi connectivity index (χ1) is 10.4. The van der Waals surface area contributed by atoms with Crippen LogP contribution in [0.2, 0.25) is 0 Å². The molecule has 0 aliphatic carbocycles. The number of primary amides is 1. The molecule has 0 atom stereocenters. The Hall–Kier alpha value is -2.34. The third-order valence-corrected chi connectivity index (χ3v) is 4.35. The van der Waals surface area contributed by atoms with E-state index in [0.29, 0.717) is 0 Å². The number of hydrogen-bond acceptors (Lipinski definition) is 4. The Morgan fingerprint density at radius 1 is 1.09 bits per heavy atom. The smallest absolute Gasteiger partial charge is 0.339 e. The lowest BCUT2D eigenvalue weighted by molar-refractivity contribution is 0.0999. The molecule has 0 radical (unpaired) electrons. The van der Waals surface area contributed by atoms with Gasteiger partial charge in [0.25, 0.3) is 5.91 Å². The zero-order valence-electron chi connectivity index (χ0n) is 12.2. The van der Waals surface area contributed by atoms with E-state index in [-0.39, 0.29) is 16.2 Å². The number of carbonyl (C=O) groups excluding carboxylic acids is 1. The molecule has 1 amide bonds. The summed E-state index contributed by atoms with van der Waals surface area (Å²) >= 11 is 0. The quantitative estimate of drug-likeness (QED) is 0.829. The number of nitrogens with two attached hydrogens (primary N) is 1. The predicted octanol–water partition coefficient (Wildman–Crippen LogP) is 2.51. The molecule has 0 aromatic heterocycles. The van der Waals surface area contributed by atoms with Gasteiger partial charge in [0.1, 0.15) is 4.90 Å². The van der Waals surface area contributed by atoms with E-state index in [2.05, 4.69) is 6.92 Å². The minimum absolute atomic E-state index is 0.0219. The molecule has 0 heterocycles. The Morgan fingerprint density at radius 3 is 2.32 bits per heavy atom. The summed E-state index contributed by atoms with van der Waals surface area (Å²) in [4.78, 5) is 11.3. The third-order valence-electron chi connectivity index (χ3n) is 3.10. The zero-order chi connectivity index (χ0) is 16.2.